The lowest BCUT2D eigenvalue weighted by atomic mass is 9.66. The van der Waals surface area contributed by atoms with Gasteiger partial charge in [0.1, 0.15) is 11.6 Å². The summed E-state index contributed by atoms with van der Waals surface area (Å²) in [7, 11) is -2.86. The van der Waals surface area contributed by atoms with E-state index in [9.17, 15) is 13.3 Å². The Kier molecular flexibility index (Phi) is 11.5. The zero-order valence-corrected chi connectivity index (χ0v) is 21.5. The van der Waals surface area contributed by atoms with Gasteiger partial charge in [0.2, 0.25) is 0 Å². The first-order valence-corrected chi connectivity index (χ1v) is 14.5. The van der Waals surface area contributed by atoms with Crippen molar-refractivity contribution < 1.29 is 22.8 Å². The second-order valence-electron chi connectivity index (χ2n) is 9.04. The zero-order valence-electron chi connectivity index (χ0n) is 19.7. The summed E-state index contributed by atoms with van der Waals surface area (Å²) in [6.07, 6.45) is 9.26. The lowest BCUT2D eigenvalue weighted by Gasteiger charge is -2.38. The van der Waals surface area contributed by atoms with Crippen molar-refractivity contribution in [2.24, 2.45) is 0 Å². The summed E-state index contributed by atoms with van der Waals surface area (Å²) >= 11 is 1.54. The third kappa shape index (κ3) is 8.46. The Morgan fingerprint density at radius 1 is 1.03 bits per heavy atom. The van der Waals surface area contributed by atoms with Gasteiger partial charge in [0, 0.05) is 11.4 Å². The van der Waals surface area contributed by atoms with Crippen LogP contribution in [0.1, 0.15) is 68.9 Å². The molecule has 2 N–H and O–H groups in total. The maximum Gasteiger partial charge on any atom is 0.316 e. The predicted molar refractivity (Wildman–Crippen MR) is 136 cm³/mol. The van der Waals surface area contributed by atoms with Gasteiger partial charge in [-0.1, -0.05) is 49.9 Å². The highest BCUT2D eigenvalue weighted by Gasteiger charge is 2.35. The van der Waals surface area contributed by atoms with Crippen molar-refractivity contribution in [2.45, 2.75) is 74.6 Å². The smallest absolute Gasteiger partial charge is 0.316 e. The van der Waals surface area contributed by atoms with Crippen LogP contribution in [0.15, 0.2) is 47.4 Å². The molecule has 1 aliphatic rings. The minimum Gasteiger partial charge on any atom is -0.326 e. The maximum atomic E-state index is 14.6. The Labute approximate surface area is 206 Å². The van der Waals surface area contributed by atoms with Crippen LogP contribution in [0.25, 0.3) is 0 Å². The molecule has 0 spiro atoms. The van der Waals surface area contributed by atoms with Gasteiger partial charge in [0.25, 0.3) is 0 Å². The van der Waals surface area contributed by atoms with E-state index in [1.165, 1.54) is 6.42 Å². The largest absolute Gasteiger partial charge is 0.326 e. The highest BCUT2D eigenvalue weighted by molar-refractivity contribution is 7.99. The number of benzene rings is 2. The van der Waals surface area contributed by atoms with Crippen molar-refractivity contribution >= 4 is 20.0 Å². The van der Waals surface area contributed by atoms with Crippen molar-refractivity contribution in [3.05, 3.63) is 65.2 Å². The molecule has 1 saturated carbocycles. The summed E-state index contributed by atoms with van der Waals surface area (Å²) in [4.78, 5) is 9.27. The van der Waals surface area contributed by atoms with Gasteiger partial charge < -0.3 is 14.7 Å². The normalized spacial score (nSPS) is 16.4. The highest BCUT2D eigenvalue weighted by atomic mass is 32.2. The van der Waals surface area contributed by atoms with E-state index in [1.54, 1.807) is 30.0 Å². The first-order valence-electron chi connectivity index (χ1n) is 12.2. The molecular formula is C26H36F2NO3PS. The molecule has 0 aromatic heterocycles. The van der Waals surface area contributed by atoms with E-state index in [1.807, 2.05) is 24.3 Å². The third-order valence-corrected chi connectivity index (χ3v) is 8.20. The van der Waals surface area contributed by atoms with Gasteiger partial charge in [-0.2, -0.15) is 0 Å². The number of rotatable bonds is 14. The van der Waals surface area contributed by atoms with Gasteiger partial charge in [-0.25, -0.2) is 8.78 Å². The van der Waals surface area contributed by atoms with Crippen molar-refractivity contribution in [2.75, 3.05) is 18.9 Å². The van der Waals surface area contributed by atoms with Crippen LogP contribution in [0.3, 0.4) is 0 Å². The molecule has 0 saturated heterocycles. The minimum atomic E-state index is -2.86. The van der Waals surface area contributed by atoms with Crippen molar-refractivity contribution in [1.29, 1.82) is 0 Å². The van der Waals surface area contributed by atoms with E-state index in [4.69, 9.17) is 4.89 Å². The SMILES string of the molecule is O=[PH](O)OCCCNCc1ccc(SCCCCC2(c3ccccc3F)CCCCC2)c(F)c1. The topological polar surface area (TPSA) is 58.6 Å². The molecule has 0 amide bonds. The van der Waals surface area contributed by atoms with Crippen molar-refractivity contribution in [3.8, 4) is 0 Å². The number of hydrogen-bond donors (Lipinski definition) is 2. The molecule has 0 heterocycles. The van der Waals surface area contributed by atoms with Gasteiger partial charge in [-0.15, -0.1) is 11.8 Å². The first kappa shape index (κ1) is 27.3. The van der Waals surface area contributed by atoms with Gasteiger partial charge in [-0.05, 0) is 79.1 Å². The van der Waals surface area contributed by atoms with Crippen LogP contribution in [0.5, 0.6) is 0 Å². The predicted octanol–water partition coefficient (Wildman–Crippen LogP) is 7.01. The molecule has 1 aliphatic carbocycles. The van der Waals surface area contributed by atoms with Crippen LogP contribution in [0.4, 0.5) is 8.78 Å². The standard InChI is InChI=1S/C26H36F2NO3PS/c27-23-10-3-2-9-22(23)26(13-4-1-5-14-26)15-6-7-18-34-25-12-11-21(19-24(25)28)20-29-16-8-17-32-33(30)31/h2-3,9-12,19,29,33H,1,4-8,13-18,20H2,(H,30,31). The number of hydrogen-bond acceptors (Lipinski definition) is 4. The van der Waals surface area contributed by atoms with E-state index in [0.29, 0.717) is 24.4 Å². The Bertz CT molecular complexity index is 925. The van der Waals surface area contributed by atoms with E-state index in [-0.39, 0.29) is 23.7 Å². The fraction of sp³-hybridized carbons (Fsp3) is 0.538. The molecule has 1 fully saturated rings. The molecule has 34 heavy (non-hydrogen) atoms. The average Bonchev–Trinajstić information content (AvgIpc) is 2.83. The molecule has 3 rings (SSSR count). The van der Waals surface area contributed by atoms with E-state index in [2.05, 4.69) is 9.84 Å². The fourth-order valence-corrected chi connectivity index (χ4v) is 6.13. The molecule has 0 radical (unpaired) electrons. The molecule has 188 valence electrons. The summed E-state index contributed by atoms with van der Waals surface area (Å²) in [5, 5.41) is 3.18. The third-order valence-electron chi connectivity index (χ3n) is 6.61. The van der Waals surface area contributed by atoms with Crippen LogP contribution in [0, 0.1) is 11.6 Å². The Balaban J connectivity index is 1.41. The number of nitrogens with one attached hydrogen (secondary N) is 1. The van der Waals surface area contributed by atoms with Crippen molar-refractivity contribution in [1.82, 2.24) is 5.32 Å². The van der Waals surface area contributed by atoms with E-state index < -0.39 is 8.25 Å². The molecule has 2 aromatic carbocycles. The van der Waals surface area contributed by atoms with Gasteiger partial charge in [0.05, 0.1) is 6.61 Å². The summed E-state index contributed by atoms with van der Waals surface area (Å²) in [6.45, 7) is 1.39. The first-order chi connectivity index (χ1) is 16.5. The second kappa shape index (κ2) is 14.4. The molecule has 8 heteroatoms. The molecule has 1 atom stereocenters. The van der Waals surface area contributed by atoms with Crippen LogP contribution in [-0.2, 0) is 21.0 Å². The van der Waals surface area contributed by atoms with E-state index in [0.717, 1.165) is 61.8 Å². The second-order valence-corrected chi connectivity index (χ2v) is 11.0. The maximum absolute atomic E-state index is 14.6. The molecule has 0 bridgehead atoms. The highest BCUT2D eigenvalue weighted by Crippen LogP contribution is 2.44. The Hall–Kier alpha value is -1.24. The van der Waals surface area contributed by atoms with Crippen LogP contribution < -0.4 is 5.32 Å². The Morgan fingerprint density at radius 3 is 2.56 bits per heavy atom. The summed E-state index contributed by atoms with van der Waals surface area (Å²) in [5.41, 5.74) is 1.70. The van der Waals surface area contributed by atoms with Crippen molar-refractivity contribution in [3.63, 3.8) is 0 Å². The average molecular weight is 512 g/mol. The molecular weight excluding hydrogens is 475 g/mol. The summed E-state index contributed by atoms with van der Waals surface area (Å²) < 4.78 is 44.2. The summed E-state index contributed by atoms with van der Waals surface area (Å²) in [5.74, 6) is 0.559. The Morgan fingerprint density at radius 2 is 1.82 bits per heavy atom. The van der Waals surface area contributed by atoms with Crippen LogP contribution in [-0.4, -0.2) is 23.8 Å². The number of thioether (sulfide) groups is 1. The van der Waals surface area contributed by atoms with Gasteiger partial charge in [0.15, 0.2) is 0 Å². The quantitative estimate of drug-likeness (QED) is 0.162. The van der Waals surface area contributed by atoms with Crippen LogP contribution >= 0.6 is 20.0 Å². The lowest BCUT2D eigenvalue weighted by molar-refractivity contribution is 0.260. The molecule has 4 nitrogen and oxygen atoms in total. The summed E-state index contributed by atoms with van der Waals surface area (Å²) in [6, 6.07) is 12.6. The molecule has 1 unspecified atom stereocenters. The fourth-order valence-electron chi connectivity index (χ4n) is 4.88. The molecule has 2 aromatic rings. The van der Waals surface area contributed by atoms with Gasteiger partial charge >= 0.3 is 8.25 Å². The molecule has 0 aliphatic heterocycles. The van der Waals surface area contributed by atoms with Gasteiger partial charge in [-0.3, -0.25) is 4.57 Å². The van der Waals surface area contributed by atoms with E-state index >= 15 is 0 Å². The number of halogens is 2. The zero-order chi connectivity index (χ0) is 24.2. The lowest BCUT2D eigenvalue weighted by Crippen LogP contribution is -2.30. The minimum absolute atomic E-state index is 0.0451. The van der Waals surface area contributed by atoms with Crippen LogP contribution in [0.2, 0.25) is 0 Å². The number of unbranched alkanes of at least 4 members (excludes halogenated alkanes) is 1. The monoisotopic (exact) mass is 511 g/mol.